The van der Waals surface area contributed by atoms with Crippen molar-refractivity contribution < 1.29 is 4.79 Å². The molecule has 22 heavy (non-hydrogen) atoms. The molecule has 0 atom stereocenters. The lowest BCUT2D eigenvalue weighted by molar-refractivity contribution is -0.135. The van der Waals surface area contributed by atoms with E-state index in [1.807, 2.05) is 4.90 Å². The molecule has 1 amide bonds. The zero-order chi connectivity index (χ0) is 15.7. The van der Waals surface area contributed by atoms with Crippen molar-refractivity contribution >= 4 is 23.2 Å². The van der Waals surface area contributed by atoms with Gasteiger partial charge in [0.15, 0.2) is 0 Å². The lowest BCUT2D eigenvalue weighted by Crippen LogP contribution is -2.42. The maximum absolute atomic E-state index is 12.4. The van der Waals surface area contributed by atoms with Crippen molar-refractivity contribution in [2.45, 2.75) is 25.7 Å². The van der Waals surface area contributed by atoms with Gasteiger partial charge in [-0.3, -0.25) is 9.59 Å². The van der Waals surface area contributed by atoms with E-state index in [1.54, 1.807) is 13.2 Å². The van der Waals surface area contributed by atoms with Gasteiger partial charge in [0, 0.05) is 39.1 Å². The molecule has 0 saturated carbocycles. The first-order valence-electron chi connectivity index (χ1n) is 7.83. The Hall–Kier alpha value is -1.56. The standard InChI is InChI=1S/C15H21ClN4O2/c1-18-15(22)13(16)12(10-17-18)19-8-4-11(5-9-19)14(21)20-6-2-3-7-20/h10-11H,2-9H2,1H3. The Kier molecular flexibility index (Phi) is 4.38. The number of likely N-dealkylation sites (tertiary alicyclic amines) is 1. The highest BCUT2D eigenvalue weighted by atomic mass is 35.5. The summed E-state index contributed by atoms with van der Waals surface area (Å²) in [6, 6.07) is 0. The summed E-state index contributed by atoms with van der Waals surface area (Å²) in [5.74, 6) is 0.401. The van der Waals surface area contributed by atoms with Gasteiger partial charge in [0.25, 0.3) is 5.56 Å². The van der Waals surface area contributed by atoms with Gasteiger partial charge in [-0.15, -0.1) is 0 Å². The van der Waals surface area contributed by atoms with Gasteiger partial charge in [0.1, 0.15) is 5.02 Å². The van der Waals surface area contributed by atoms with Gasteiger partial charge in [-0.1, -0.05) is 11.6 Å². The van der Waals surface area contributed by atoms with Crippen LogP contribution in [-0.4, -0.2) is 46.8 Å². The minimum Gasteiger partial charge on any atom is -0.369 e. The molecule has 120 valence electrons. The van der Waals surface area contributed by atoms with E-state index in [0.29, 0.717) is 11.6 Å². The van der Waals surface area contributed by atoms with Gasteiger partial charge in [-0.05, 0) is 25.7 Å². The number of rotatable bonds is 2. The highest BCUT2D eigenvalue weighted by Gasteiger charge is 2.30. The molecule has 0 unspecified atom stereocenters. The SMILES string of the molecule is Cn1ncc(N2CCC(C(=O)N3CCCC3)CC2)c(Cl)c1=O. The Balaban J connectivity index is 1.65. The number of hydrogen-bond donors (Lipinski definition) is 0. The van der Waals surface area contributed by atoms with E-state index in [-0.39, 0.29) is 16.5 Å². The second-order valence-corrected chi connectivity index (χ2v) is 6.44. The number of carbonyl (C=O) groups is 1. The quantitative estimate of drug-likeness (QED) is 0.822. The molecule has 3 heterocycles. The van der Waals surface area contributed by atoms with E-state index in [9.17, 15) is 9.59 Å². The van der Waals surface area contributed by atoms with Crippen molar-refractivity contribution in [1.82, 2.24) is 14.7 Å². The zero-order valence-electron chi connectivity index (χ0n) is 12.8. The summed E-state index contributed by atoms with van der Waals surface area (Å²) in [6.07, 6.45) is 5.49. The van der Waals surface area contributed by atoms with Gasteiger partial charge < -0.3 is 9.80 Å². The maximum atomic E-state index is 12.4. The molecule has 2 aliphatic rings. The minimum atomic E-state index is -0.283. The first-order valence-corrected chi connectivity index (χ1v) is 8.21. The van der Waals surface area contributed by atoms with Crippen LogP contribution in [0.25, 0.3) is 0 Å². The van der Waals surface area contributed by atoms with E-state index in [0.717, 1.165) is 51.9 Å². The number of nitrogens with zero attached hydrogens (tertiary/aromatic N) is 4. The first-order chi connectivity index (χ1) is 10.6. The summed E-state index contributed by atoms with van der Waals surface area (Å²) in [5, 5.41) is 4.24. The number of aromatic nitrogens is 2. The highest BCUT2D eigenvalue weighted by molar-refractivity contribution is 6.33. The molecule has 7 heteroatoms. The molecule has 2 saturated heterocycles. The number of carbonyl (C=O) groups excluding carboxylic acids is 1. The third-order valence-corrected chi connectivity index (χ3v) is 5.02. The molecule has 6 nitrogen and oxygen atoms in total. The van der Waals surface area contributed by atoms with Gasteiger partial charge in [-0.2, -0.15) is 5.10 Å². The molecule has 0 spiro atoms. The molecular formula is C15H21ClN4O2. The van der Waals surface area contributed by atoms with E-state index in [4.69, 9.17) is 11.6 Å². The monoisotopic (exact) mass is 324 g/mol. The molecule has 2 aliphatic heterocycles. The van der Waals surface area contributed by atoms with Gasteiger partial charge in [0.05, 0.1) is 11.9 Å². The number of piperidine rings is 1. The van der Waals surface area contributed by atoms with Gasteiger partial charge in [-0.25, -0.2) is 4.68 Å². The summed E-state index contributed by atoms with van der Waals surface area (Å²) in [5.41, 5.74) is 0.395. The fourth-order valence-corrected chi connectivity index (χ4v) is 3.58. The fourth-order valence-electron chi connectivity index (χ4n) is 3.29. The van der Waals surface area contributed by atoms with E-state index in [1.165, 1.54) is 4.68 Å². The van der Waals surface area contributed by atoms with Crippen LogP contribution in [0.5, 0.6) is 0 Å². The van der Waals surface area contributed by atoms with Crippen LogP contribution in [0.2, 0.25) is 5.02 Å². The lowest BCUT2D eigenvalue weighted by atomic mass is 9.95. The zero-order valence-corrected chi connectivity index (χ0v) is 13.6. The molecule has 0 bridgehead atoms. The van der Waals surface area contributed by atoms with Gasteiger partial charge >= 0.3 is 0 Å². The smallest absolute Gasteiger partial charge is 0.287 e. The first kappa shape index (κ1) is 15.3. The molecule has 0 N–H and O–H groups in total. The molecule has 1 aromatic rings. The predicted octanol–water partition coefficient (Wildman–Crippen LogP) is 1.27. The third-order valence-electron chi connectivity index (χ3n) is 4.66. The fraction of sp³-hybridized carbons (Fsp3) is 0.667. The molecule has 0 aliphatic carbocycles. The normalized spacial score (nSPS) is 19.7. The van der Waals surface area contributed by atoms with Crippen molar-refractivity contribution in [3.8, 4) is 0 Å². The summed E-state index contributed by atoms with van der Waals surface area (Å²) in [7, 11) is 1.58. The van der Waals surface area contributed by atoms with E-state index >= 15 is 0 Å². The Morgan fingerprint density at radius 2 is 1.86 bits per heavy atom. The maximum Gasteiger partial charge on any atom is 0.287 e. The Morgan fingerprint density at radius 1 is 1.23 bits per heavy atom. The molecule has 3 rings (SSSR count). The van der Waals surface area contributed by atoms with Crippen LogP contribution < -0.4 is 10.5 Å². The third kappa shape index (κ3) is 2.84. The molecular weight excluding hydrogens is 304 g/mol. The molecule has 0 radical (unpaired) electrons. The van der Waals surface area contributed by atoms with Crippen LogP contribution in [0, 0.1) is 5.92 Å². The number of amides is 1. The Bertz CT molecular complexity index is 616. The van der Waals surface area contributed by atoms with Crippen LogP contribution in [0.4, 0.5) is 5.69 Å². The summed E-state index contributed by atoms with van der Waals surface area (Å²) in [4.78, 5) is 28.3. The van der Waals surface area contributed by atoms with Crippen LogP contribution >= 0.6 is 11.6 Å². The van der Waals surface area contributed by atoms with E-state index in [2.05, 4.69) is 10.00 Å². The minimum absolute atomic E-state index is 0.104. The van der Waals surface area contributed by atoms with Crippen molar-refractivity contribution in [2.24, 2.45) is 13.0 Å². The average Bonchev–Trinajstić information content (AvgIpc) is 3.07. The average molecular weight is 325 g/mol. The highest BCUT2D eigenvalue weighted by Crippen LogP contribution is 2.28. The van der Waals surface area contributed by atoms with Gasteiger partial charge in [0.2, 0.25) is 5.91 Å². The molecule has 0 aromatic carbocycles. The predicted molar refractivity (Wildman–Crippen MR) is 85.2 cm³/mol. The second-order valence-electron chi connectivity index (χ2n) is 6.07. The van der Waals surface area contributed by atoms with E-state index < -0.39 is 0 Å². The second kappa shape index (κ2) is 6.28. The number of hydrogen-bond acceptors (Lipinski definition) is 4. The lowest BCUT2D eigenvalue weighted by Gasteiger charge is -2.34. The number of aryl methyl sites for hydroxylation is 1. The van der Waals surface area contributed by atoms with Crippen molar-refractivity contribution in [1.29, 1.82) is 0 Å². The molecule has 2 fully saturated rings. The van der Waals surface area contributed by atoms with Crippen molar-refractivity contribution in [2.75, 3.05) is 31.1 Å². The van der Waals surface area contributed by atoms with Crippen LogP contribution in [0.3, 0.4) is 0 Å². The van der Waals surface area contributed by atoms with Crippen LogP contribution in [0.15, 0.2) is 11.0 Å². The van der Waals surface area contributed by atoms with Crippen LogP contribution in [-0.2, 0) is 11.8 Å². The summed E-state index contributed by atoms with van der Waals surface area (Å²) in [6.45, 7) is 3.28. The van der Waals surface area contributed by atoms with Crippen molar-refractivity contribution in [3.05, 3.63) is 21.6 Å². The summed E-state index contributed by atoms with van der Waals surface area (Å²) < 4.78 is 1.23. The number of anilines is 1. The largest absolute Gasteiger partial charge is 0.369 e. The topological polar surface area (TPSA) is 58.4 Å². The Morgan fingerprint density at radius 3 is 2.50 bits per heavy atom. The Labute approximate surface area is 134 Å². The molecule has 1 aromatic heterocycles. The number of halogens is 1. The summed E-state index contributed by atoms with van der Waals surface area (Å²) >= 11 is 6.14. The van der Waals surface area contributed by atoms with Crippen molar-refractivity contribution in [3.63, 3.8) is 0 Å². The van der Waals surface area contributed by atoms with Crippen LogP contribution in [0.1, 0.15) is 25.7 Å².